The Balaban J connectivity index is 2.40. The van der Waals surface area contributed by atoms with E-state index in [4.69, 9.17) is 25.8 Å². The van der Waals surface area contributed by atoms with Gasteiger partial charge in [-0.25, -0.2) is 4.79 Å². The van der Waals surface area contributed by atoms with Crippen molar-refractivity contribution in [3.63, 3.8) is 0 Å². The van der Waals surface area contributed by atoms with Gasteiger partial charge in [0.15, 0.2) is 17.3 Å². The van der Waals surface area contributed by atoms with E-state index < -0.39 is 11.8 Å². The Labute approximate surface area is 201 Å². The summed E-state index contributed by atoms with van der Waals surface area (Å²) in [7, 11) is 1.46. The number of carbonyl (C=O) groups is 2. The molecule has 0 saturated heterocycles. The molecule has 0 saturated carbocycles. The molecule has 172 valence electrons. The number of rotatable bonds is 9. The molecule has 0 N–H and O–H groups in total. The summed E-state index contributed by atoms with van der Waals surface area (Å²) in [6.07, 6.45) is 1.07. The van der Waals surface area contributed by atoms with Crippen molar-refractivity contribution in [3.05, 3.63) is 49.2 Å². The van der Waals surface area contributed by atoms with E-state index in [1.807, 2.05) is 26.0 Å². The Bertz CT molecular complexity index is 1180. The van der Waals surface area contributed by atoms with Crippen molar-refractivity contribution in [1.82, 2.24) is 0 Å². The number of carbonyl (C=O) groups excluding carboxylic acids is 2. The average Bonchev–Trinajstić information content (AvgIpc) is 3.08. The van der Waals surface area contributed by atoms with Crippen molar-refractivity contribution in [2.45, 2.75) is 40.2 Å². The first-order chi connectivity index (χ1) is 15.7. The summed E-state index contributed by atoms with van der Waals surface area (Å²) in [5, 5.41) is 19.4. The molecule has 0 bridgehead atoms. The summed E-state index contributed by atoms with van der Waals surface area (Å²) in [6, 6.07) is 7.13. The standard InChI is InChI=1S/C24H23ClN2O5S/c1-6-31-24(29)23-14(4)17(12-27)21(33-23)10-19(28)16(11-26)7-15-8-18(25)22(32-13(2)3)20(9-15)30-5/h7-9,13H,6,10H2,1-5H3/b16-7+. The fraction of sp³-hybridized carbons (Fsp3) is 0.333. The van der Waals surface area contributed by atoms with E-state index in [-0.39, 0.29) is 40.2 Å². The second kappa shape index (κ2) is 11.5. The van der Waals surface area contributed by atoms with Gasteiger partial charge in [0, 0.05) is 11.3 Å². The number of allylic oxidation sites excluding steroid dienone is 1. The highest BCUT2D eigenvalue weighted by Gasteiger charge is 2.23. The molecule has 9 heteroatoms. The number of hydrogen-bond acceptors (Lipinski definition) is 8. The first kappa shape index (κ1) is 25.9. The second-order valence-electron chi connectivity index (χ2n) is 7.16. The third-order valence-electron chi connectivity index (χ3n) is 4.45. The lowest BCUT2D eigenvalue weighted by Gasteiger charge is -2.15. The van der Waals surface area contributed by atoms with Crippen molar-refractivity contribution in [2.75, 3.05) is 13.7 Å². The number of benzene rings is 1. The van der Waals surface area contributed by atoms with Crippen LogP contribution in [0, 0.1) is 29.6 Å². The van der Waals surface area contributed by atoms with Crippen molar-refractivity contribution in [1.29, 1.82) is 10.5 Å². The van der Waals surface area contributed by atoms with Gasteiger partial charge < -0.3 is 14.2 Å². The first-order valence-corrected chi connectivity index (χ1v) is 11.2. The van der Waals surface area contributed by atoms with Crippen LogP contribution in [0.3, 0.4) is 0 Å². The van der Waals surface area contributed by atoms with Crippen LogP contribution in [0.5, 0.6) is 11.5 Å². The third-order valence-corrected chi connectivity index (χ3v) is 6.00. The molecule has 0 amide bonds. The van der Waals surface area contributed by atoms with Crippen LogP contribution in [0.1, 0.15) is 52.0 Å². The van der Waals surface area contributed by atoms with Gasteiger partial charge >= 0.3 is 5.97 Å². The number of nitriles is 2. The molecule has 2 aromatic rings. The van der Waals surface area contributed by atoms with Crippen LogP contribution in [0.15, 0.2) is 17.7 Å². The lowest BCUT2D eigenvalue weighted by molar-refractivity contribution is -0.114. The molecule has 1 heterocycles. The molecule has 0 aliphatic heterocycles. The Hall–Kier alpha value is -3.33. The minimum Gasteiger partial charge on any atom is -0.493 e. The summed E-state index contributed by atoms with van der Waals surface area (Å²) in [5.74, 6) is -0.303. The zero-order chi connectivity index (χ0) is 24.7. The van der Waals surface area contributed by atoms with E-state index in [0.717, 1.165) is 11.3 Å². The maximum absolute atomic E-state index is 12.9. The zero-order valence-electron chi connectivity index (χ0n) is 18.9. The first-order valence-electron chi connectivity index (χ1n) is 10.0. The minimum atomic E-state index is -0.545. The molecular weight excluding hydrogens is 464 g/mol. The Morgan fingerprint density at radius 1 is 1.27 bits per heavy atom. The molecule has 1 aromatic heterocycles. The molecular formula is C24H23ClN2O5S. The van der Waals surface area contributed by atoms with Gasteiger partial charge in [-0.2, -0.15) is 10.5 Å². The number of ether oxygens (including phenoxy) is 3. The number of thiophene rings is 1. The normalized spacial score (nSPS) is 11.0. The van der Waals surface area contributed by atoms with Crippen molar-refractivity contribution < 1.29 is 23.8 Å². The molecule has 0 fully saturated rings. The topological polar surface area (TPSA) is 109 Å². The van der Waals surface area contributed by atoms with E-state index in [1.165, 1.54) is 13.2 Å². The van der Waals surface area contributed by atoms with E-state index in [0.29, 0.717) is 27.5 Å². The van der Waals surface area contributed by atoms with Gasteiger partial charge in [0.2, 0.25) is 0 Å². The Morgan fingerprint density at radius 3 is 2.52 bits per heavy atom. The van der Waals surface area contributed by atoms with E-state index in [1.54, 1.807) is 26.0 Å². The third kappa shape index (κ3) is 6.13. The highest BCUT2D eigenvalue weighted by molar-refractivity contribution is 7.14. The van der Waals surface area contributed by atoms with Crippen molar-refractivity contribution >= 4 is 40.8 Å². The maximum atomic E-state index is 12.9. The summed E-state index contributed by atoms with van der Waals surface area (Å²) in [4.78, 5) is 25.7. The molecule has 0 spiro atoms. The molecule has 0 aliphatic carbocycles. The SMILES string of the molecule is CCOC(=O)c1sc(CC(=O)/C(C#N)=C/c2cc(Cl)c(OC(C)C)c(OC)c2)c(C#N)c1C. The van der Waals surface area contributed by atoms with Crippen LogP contribution in [0.2, 0.25) is 5.02 Å². The zero-order valence-corrected chi connectivity index (χ0v) is 20.5. The smallest absolute Gasteiger partial charge is 0.348 e. The summed E-state index contributed by atoms with van der Waals surface area (Å²) < 4.78 is 16.0. The quantitative estimate of drug-likeness (QED) is 0.269. The summed E-state index contributed by atoms with van der Waals surface area (Å²) in [5.41, 5.74) is 1.06. The number of Topliss-reactive ketones (excluding diaryl/α,β-unsaturated/α-hetero) is 1. The molecule has 0 radical (unpaired) electrons. The maximum Gasteiger partial charge on any atom is 0.348 e. The molecule has 0 aliphatic rings. The van der Waals surface area contributed by atoms with Crippen LogP contribution < -0.4 is 9.47 Å². The highest BCUT2D eigenvalue weighted by atomic mass is 35.5. The largest absolute Gasteiger partial charge is 0.493 e. The van der Waals surface area contributed by atoms with Crippen LogP contribution in [-0.2, 0) is 16.0 Å². The summed E-state index contributed by atoms with van der Waals surface area (Å²) in [6.45, 7) is 7.21. The predicted molar refractivity (Wildman–Crippen MR) is 126 cm³/mol. The van der Waals surface area contributed by atoms with Crippen molar-refractivity contribution in [2.24, 2.45) is 0 Å². The Kier molecular flexibility index (Phi) is 9.04. The van der Waals surface area contributed by atoms with Crippen LogP contribution in [0.4, 0.5) is 0 Å². The van der Waals surface area contributed by atoms with Crippen molar-refractivity contribution in [3.8, 4) is 23.6 Å². The monoisotopic (exact) mass is 486 g/mol. The van der Waals surface area contributed by atoms with Gasteiger partial charge in [0.1, 0.15) is 17.0 Å². The molecule has 0 unspecified atom stereocenters. The van der Waals surface area contributed by atoms with Gasteiger partial charge in [-0.1, -0.05) is 11.6 Å². The highest BCUT2D eigenvalue weighted by Crippen LogP contribution is 2.38. The van der Waals surface area contributed by atoms with Crippen LogP contribution in [-0.4, -0.2) is 31.6 Å². The lowest BCUT2D eigenvalue weighted by Crippen LogP contribution is -2.07. The van der Waals surface area contributed by atoms with Gasteiger partial charge in [-0.05, 0) is 57.0 Å². The second-order valence-corrected chi connectivity index (χ2v) is 8.67. The molecule has 0 atom stereocenters. The minimum absolute atomic E-state index is 0.127. The van der Waals surface area contributed by atoms with Gasteiger partial charge in [0.25, 0.3) is 0 Å². The number of ketones is 1. The predicted octanol–water partition coefficient (Wildman–Crippen LogP) is 5.27. The van der Waals surface area contributed by atoms with Crippen LogP contribution >= 0.6 is 22.9 Å². The van der Waals surface area contributed by atoms with E-state index >= 15 is 0 Å². The van der Waals surface area contributed by atoms with Gasteiger partial charge in [0.05, 0.1) is 36.0 Å². The summed E-state index contributed by atoms with van der Waals surface area (Å²) >= 11 is 7.35. The average molecular weight is 487 g/mol. The molecule has 2 rings (SSSR count). The van der Waals surface area contributed by atoms with E-state index in [9.17, 15) is 20.1 Å². The van der Waals surface area contributed by atoms with Crippen LogP contribution in [0.25, 0.3) is 6.08 Å². The van der Waals surface area contributed by atoms with Gasteiger partial charge in [-0.3, -0.25) is 4.79 Å². The number of methoxy groups -OCH3 is 1. The fourth-order valence-corrected chi connectivity index (χ4v) is 4.40. The number of halogens is 1. The Morgan fingerprint density at radius 2 is 1.97 bits per heavy atom. The fourth-order valence-electron chi connectivity index (χ4n) is 2.99. The number of hydrogen-bond donors (Lipinski definition) is 0. The number of nitrogens with zero attached hydrogens (tertiary/aromatic N) is 2. The number of esters is 1. The molecule has 1 aromatic carbocycles. The molecule has 33 heavy (non-hydrogen) atoms. The molecule has 7 nitrogen and oxygen atoms in total. The van der Waals surface area contributed by atoms with E-state index in [2.05, 4.69) is 0 Å². The van der Waals surface area contributed by atoms with Gasteiger partial charge in [-0.15, -0.1) is 11.3 Å². The lowest BCUT2D eigenvalue weighted by atomic mass is 10.0.